The Balaban J connectivity index is 1.07. The molecule has 0 amide bonds. The van der Waals surface area contributed by atoms with Crippen LogP contribution in [0.3, 0.4) is 0 Å². The Morgan fingerprint density at radius 1 is 0.365 bits per heavy atom. The number of rotatable bonds is 6. The first-order valence-electron chi connectivity index (χ1n) is 17.5. The van der Waals surface area contributed by atoms with Gasteiger partial charge in [-0.3, -0.25) is 4.98 Å². The Labute approximate surface area is 301 Å². The van der Waals surface area contributed by atoms with Crippen LogP contribution in [0.25, 0.3) is 93.9 Å². The lowest BCUT2D eigenvalue weighted by molar-refractivity contribution is 0.628. The second-order valence-corrected chi connectivity index (χ2v) is 13.4. The van der Waals surface area contributed by atoms with Gasteiger partial charge in [0.1, 0.15) is 5.82 Å². The Morgan fingerprint density at radius 3 is 1.50 bits per heavy atom. The van der Waals surface area contributed by atoms with Gasteiger partial charge in [0.2, 0.25) is 0 Å². The van der Waals surface area contributed by atoms with Crippen molar-refractivity contribution in [1.29, 1.82) is 0 Å². The second-order valence-electron chi connectivity index (χ2n) is 13.4. The van der Waals surface area contributed by atoms with Gasteiger partial charge in [-0.25, -0.2) is 4.39 Å². The number of nitrogens with zero attached hydrogens (tertiary/aromatic N) is 2. The summed E-state index contributed by atoms with van der Waals surface area (Å²) < 4.78 is 16.3. The zero-order valence-electron chi connectivity index (χ0n) is 28.2. The van der Waals surface area contributed by atoms with Gasteiger partial charge in [-0.2, -0.15) is 0 Å². The molecule has 2 aromatic heterocycles. The first-order valence-corrected chi connectivity index (χ1v) is 17.5. The van der Waals surface area contributed by atoms with Crippen LogP contribution in [0.2, 0.25) is 0 Å². The van der Waals surface area contributed by atoms with Crippen LogP contribution in [0.15, 0.2) is 188 Å². The zero-order valence-corrected chi connectivity index (χ0v) is 28.2. The van der Waals surface area contributed by atoms with Crippen molar-refractivity contribution >= 4 is 32.6 Å². The lowest BCUT2D eigenvalue weighted by Gasteiger charge is -2.13. The molecule has 0 aliphatic carbocycles. The molecule has 0 spiro atoms. The standard InChI is InChI=1S/C49H31FN2/c50-44-23-21-36(22-24-44)42-28-40(33-13-11-32(12-14-33)39-7-5-25-51-31-39)27-41(29-42)34-15-17-35(18-16-34)43-26-38-20-19-37-6-4-10-46-48(37)49(38)47(30-43)52(46)45-8-2-1-3-9-45/h1-31H. The summed E-state index contributed by atoms with van der Waals surface area (Å²) >= 11 is 0. The molecule has 0 N–H and O–H groups in total. The smallest absolute Gasteiger partial charge is 0.123 e. The lowest BCUT2D eigenvalue weighted by atomic mass is 9.92. The molecule has 0 atom stereocenters. The van der Waals surface area contributed by atoms with Gasteiger partial charge in [-0.05, 0) is 133 Å². The van der Waals surface area contributed by atoms with Gasteiger partial charge in [0.25, 0.3) is 0 Å². The molecule has 8 aromatic carbocycles. The minimum Gasteiger partial charge on any atom is -0.309 e. The summed E-state index contributed by atoms with van der Waals surface area (Å²) in [5, 5.41) is 5.11. The summed E-state index contributed by atoms with van der Waals surface area (Å²) in [5.74, 6) is -0.242. The molecule has 0 saturated heterocycles. The number of benzene rings is 8. The monoisotopic (exact) mass is 666 g/mol. The Kier molecular flexibility index (Phi) is 7.04. The van der Waals surface area contributed by atoms with Crippen molar-refractivity contribution in [3.05, 3.63) is 194 Å². The van der Waals surface area contributed by atoms with Gasteiger partial charge in [-0.1, -0.05) is 109 Å². The predicted octanol–water partition coefficient (Wildman–Crippen LogP) is 13.2. The van der Waals surface area contributed by atoms with Gasteiger partial charge in [0, 0.05) is 28.9 Å². The van der Waals surface area contributed by atoms with Crippen LogP contribution in [0.1, 0.15) is 0 Å². The molecular weight excluding hydrogens is 636 g/mol. The summed E-state index contributed by atoms with van der Waals surface area (Å²) in [4.78, 5) is 4.28. The molecule has 0 fully saturated rings. The van der Waals surface area contributed by atoms with Crippen LogP contribution in [0.5, 0.6) is 0 Å². The van der Waals surface area contributed by atoms with E-state index in [0.29, 0.717) is 0 Å². The molecule has 3 heteroatoms. The Hall–Kier alpha value is -6.84. The van der Waals surface area contributed by atoms with Crippen LogP contribution >= 0.6 is 0 Å². The number of halogens is 1. The summed E-state index contributed by atoms with van der Waals surface area (Å²) in [6.07, 6.45) is 3.67. The second kappa shape index (κ2) is 12.2. The average molecular weight is 667 g/mol. The fourth-order valence-electron chi connectivity index (χ4n) is 7.73. The molecule has 0 bridgehead atoms. The van der Waals surface area contributed by atoms with Gasteiger partial charge < -0.3 is 4.57 Å². The van der Waals surface area contributed by atoms with E-state index in [1.54, 1.807) is 6.20 Å². The van der Waals surface area contributed by atoms with Crippen molar-refractivity contribution in [2.75, 3.05) is 0 Å². The summed E-state index contributed by atoms with van der Waals surface area (Å²) in [7, 11) is 0. The molecule has 244 valence electrons. The lowest BCUT2D eigenvalue weighted by Crippen LogP contribution is -1.93. The number of para-hydroxylation sites is 1. The Bertz CT molecular complexity index is 2850. The largest absolute Gasteiger partial charge is 0.309 e. The van der Waals surface area contributed by atoms with Crippen molar-refractivity contribution < 1.29 is 4.39 Å². The minimum atomic E-state index is -0.242. The highest BCUT2D eigenvalue weighted by atomic mass is 19.1. The van der Waals surface area contributed by atoms with Crippen LogP contribution in [-0.4, -0.2) is 9.55 Å². The maximum absolute atomic E-state index is 13.9. The van der Waals surface area contributed by atoms with Crippen LogP contribution in [0, 0.1) is 5.82 Å². The SMILES string of the molecule is Fc1ccc(-c2cc(-c3ccc(-c4cccnc4)cc3)cc(-c3ccc(-c4cc5ccc6cccc7c6c5c(c4)n7-c4ccccc4)cc3)c2)cc1. The molecular formula is C49H31FN2. The summed E-state index contributed by atoms with van der Waals surface area (Å²) in [6, 6.07) is 61.3. The Morgan fingerprint density at radius 2 is 0.904 bits per heavy atom. The first kappa shape index (κ1) is 30.0. The maximum atomic E-state index is 13.9. The van der Waals surface area contributed by atoms with Crippen molar-refractivity contribution in [3.63, 3.8) is 0 Å². The van der Waals surface area contributed by atoms with Crippen molar-refractivity contribution in [1.82, 2.24) is 9.55 Å². The summed E-state index contributed by atoms with van der Waals surface area (Å²) in [5.41, 5.74) is 14.6. The first-order chi connectivity index (χ1) is 25.7. The van der Waals surface area contributed by atoms with E-state index in [-0.39, 0.29) is 5.82 Å². The minimum absolute atomic E-state index is 0.242. The third-order valence-electron chi connectivity index (χ3n) is 10.3. The number of pyridine rings is 1. The molecule has 0 saturated carbocycles. The highest BCUT2D eigenvalue weighted by molar-refractivity contribution is 6.25. The topological polar surface area (TPSA) is 17.8 Å². The number of hydrogen-bond donors (Lipinski definition) is 0. The molecule has 0 aliphatic rings. The van der Waals surface area contributed by atoms with Gasteiger partial charge in [0.05, 0.1) is 11.0 Å². The zero-order chi connectivity index (χ0) is 34.6. The van der Waals surface area contributed by atoms with E-state index in [1.165, 1.54) is 50.3 Å². The number of hydrogen-bond acceptors (Lipinski definition) is 1. The fourth-order valence-corrected chi connectivity index (χ4v) is 7.73. The van der Waals surface area contributed by atoms with Gasteiger partial charge in [0.15, 0.2) is 0 Å². The van der Waals surface area contributed by atoms with Gasteiger partial charge >= 0.3 is 0 Å². The molecule has 10 aromatic rings. The van der Waals surface area contributed by atoms with E-state index in [2.05, 4.69) is 155 Å². The maximum Gasteiger partial charge on any atom is 0.123 e. The molecule has 52 heavy (non-hydrogen) atoms. The third-order valence-corrected chi connectivity index (χ3v) is 10.3. The molecule has 2 heterocycles. The molecule has 2 nitrogen and oxygen atoms in total. The van der Waals surface area contributed by atoms with E-state index in [4.69, 9.17) is 0 Å². The van der Waals surface area contributed by atoms with E-state index < -0.39 is 0 Å². The quantitative estimate of drug-likeness (QED) is 0.162. The van der Waals surface area contributed by atoms with Crippen LogP contribution in [0.4, 0.5) is 4.39 Å². The molecule has 10 rings (SSSR count). The third kappa shape index (κ3) is 5.14. The van der Waals surface area contributed by atoms with Crippen molar-refractivity contribution in [3.8, 4) is 61.3 Å². The van der Waals surface area contributed by atoms with E-state index in [9.17, 15) is 4.39 Å². The molecule has 0 aliphatic heterocycles. The normalized spacial score (nSPS) is 11.6. The molecule has 0 radical (unpaired) electrons. The van der Waals surface area contributed by atoms with E-state index in [1.807, 2.05) is 24.4 Å². The fraction of sp³-hybridized carbons (Fsp3) is 0. The number of aromatic nitrogens is 2. The average Bonchev–Trinajstić information content (AvgIpc) is 3.56. The van der Waals surface area contributed by atoms with E-state index in [0.717, 1.165) is 55.8 Å². The van der Waals surface area contributed by atoms with Crippen LogP contribution in [-0.2, 0) is 0 Å². The van der Waals surface area contributed by atoms with Crippen molar-refractivity contribution in [2.45, 2.75) is 0 Å². The predicted molar refractivity (Wildman–Crippen MR) is 214 cm³/mol. The molecule has 0 unspecified atom stereocenters. The highest BCUT2D eigenvalue weighted by Gasteiger charge is 2.18. The summed E-state index contributed by atoms with van der Waals surface area (Å²) in [6.45, 7) is 0. The van der Waals surface area contributed by atoms with Crippen LogP contribution < -0.4 is 0 Å². The van der Waals surface area contributed by atoms with Crippen molar-refractivity contribution in [2.24, 2.45) is 0 Å². The van der Waals surface area contributed by atoms with Gasteiger partial charge in [-0.15, -0.1) is 0 Å². The highest BCUT2D eigenvalue weighted by Crippen LogP contribution is 2.42. The van der Waals surface area contributed by atoms with E-state index >= 15 is 0 Å².